The number of esters is 1. The van der Waals surface area contributed by atoms with Crippen LogP contribution < -0.4 is 0 Å². The Hall–Kier alpha value is -0.980. The number of aldehydes is 1. The molecule has 0 saturated carbocycles. The van der Waals surface area contributed by atoms with E-state index in [0.29, 0.717) is 6.29 Å². The first-order chi connectivity index (χ1) is 8.43. The van der Waals surface area contributed by atoms with Gasteiger partial charge in [0.2, 0.25) is 0 Å². The van der Waals surface area contributed by atoms with Gasteiger partial charge in [0.1, 0.15) is 36.4 Å². The predicted octanol–water partition coefficient (Wildman–Crippen LogP) is 0.0343. The van der Waals surface area contributed by atoms with E-state index in [2.05, 4.69) is 0 Å². The van der Waals surface area contributed by atoms with Gasteiger partial charge in [-0.25, -0.2) is 0 Å². The summed E-state index contributed by atoms with van der Waals surface area (Å²) in [5, 5.41) is 0. The number of fused-ring (bicyclic) bond motifs is 3. The number of hydrogen-bond donors (Lipinski definition) is 0. The lowest BCUT2D eigenvalue weighted by molar-refractivity contribution is -0.167. The van der Waals surface area contributed by atoms with E-state index in [1.807, 2.05) is 0 Å². The quantitative estimate of drug-likeness (QED) is 0.487. The molecule has 3 aliphatic heterocycles. The monoisotopic (exact) mass is 256 g/mol. The highest BCUT2D eigenvalue weighted by Crippen LogP contribution is 2.43. The van der Waals surface area contributed by atoms with E-state index in [4.69, 9.17) is 18.9 Å². The highest BCUT2D eigenvalue weighted by molar-refractivity contribution is 5.77. The summed E-state index contributed by atoms with van der Waals surface area (Å²) >= 11 is 0. The zero-order valence-corrected chi connectivity index (χ0v) is 10.5. The van der Waals surface area contributed by atoms with Gasteiger partial charge in [0.15, 0.2) is 12.1 Å². The van der Waals surface area contributed by atoms with Crippen LogP contribution in [0.3, 0.4) is 0 Å². The van der Waals surface area contributed by atoms with Gasteiger partial charge in [-0.15, -0.1) is 0 Å². The molecule has 0 unspecified atom stereocenters. The van der Waals surface area contributed by atoms with Crippen molar-refractivity contribution in [1.29, 1.82) is 0 Å². The molecule has 0 aromatic heterocycles. The standard InChI is InChI=1S/C12H16O6/c1-5-8-7(11(14)15-5)10-9(6(4-13)16-8)17-12(2,3)18-10/h4-10H,1-3H3/t5-,6-,7-,8+,9-,10-/m0/s1. The van der Waals surface area contributed by atoms with Crippen LogP contribution in [-0.2, 0) is 28.5 Å². The second-order valence-electron chi connectivity index (χ2n) is 5.43. The van der Waals surface area contributed by atoms with E-state index < -0.39 is 36.1 Å². The fourth-order valence-corrected chi connectivity index (χ4v) is 2.99. The molecular weight excluding hydrogens is 240 g/mol. The third-order valence-electron chi connectivity index (χ3n) is 3.68. The highest BCUT2D eigenvalue weighted by Gasteiger charge is 2.61. The molecule has 0 aromatic carbocycles. The van der Waals surface area contributed by atoms with Gasteiger partial charge in [-0.2, -0.15) is 0 Å². The van der Waals surface area contributed by atoms with Gasteiger partial charge in [0.05, 0.1) is 0 Å². The molecular formula is C12H16O6. The van der Waals surface area contributed by atoms with Crippen molar-refractivity contribution in [2.24, 2.45) is 5.92 Å². The maximum atomic E-state index is 11.8. The Kier molecular flexibility index (Phi) is 2.52. The van der Waals surface area contributed by atoms with E-state index in [1.165, 1.54) is 0 Å². The average molecular weight is 256 g/mol. The first-order valence-electron chi connectivity index (χ1n) is 6.10. The molecule has 0 radical (unpaired) electrons. The summed E-state index contributed by atoms with van der Waals surface area (Å²) in [6, 6.07) is 0. The second kappa shape index (κ2) is 3.76. The van der Waals surface area contributed by atoms with Gasteiger partial charge in [-0.3, -0.25) is 4.79 Å². The van der Waals surface area contributed by atoms with Crippen molar-refractivity contribution >= 4 is 12.3 Å². The Balaban J connectivity index is 1.95. The second-order valence-corrected chi connectivity index (χ2v) is 5.43. The van der Waals surface area contributed by atoms with Gasteiger partial charge in [-0.05, 0) is 20.8 Å². The Morgan fingerprint density at radius 2 is 1.83 bits per heavy atom. The van der Waals surface area contributed by atoms with Crippen LogP contribution in [-0.4, -0.2) is 48.6 Å². The van der Waals surface area contributed by atoms with Gasteiger partial charge in [0, 0.05) is 0 Å². The molecule has 0 aromatic rings. The summed E-state index contributed by atoms with van der Waals surface area (Å²) in [6.45, 7) is 5.27. The molecule has 3 heterocycles. The van der Waals surface area contributed by atoms with Crippen LogP contribution >= 0.6 is 0 Å². The number of hydrogen-bond acceptors (Lipinski definition) is 6. The van der Waals surface area contributed by atoms with Crippen molar-refractivity contribution in [3.63, 3.8) is 0 Å². The average Bonchev–Trinajstić information content (AvgIpc) is 2.74. The molecule has 3 saturated heterocycles. The Bertz CT molecular complexity index is 392. The van der Waals surface area contributed by atoms with Crippen molar-refractivity contribution in [3.05, 3.63) is 0 Å². The zero-order valence-electron chi connectivity index (χ0n) is 10.5. The summed E-state index contributed by atoms with van der Waals surface area (Å²) in [5.41, 5.74) is 0. The minimum absolute atomic E-state index is 0.340. The molecule has 100 valence electrons. The third kappa shape index (κ3) is 1.60. The highest BCUT2D eigenvalue weighted by atomic mass is 16.8. The molecule has 0 spiro atoms. The molecule has 6 nitrogen and oxygen atoms in total. The first-order valence-corrected chi connectivity index (χ1v) is 6.10. The van der Waals surface area contributed by atoms with Crippen LogP contribution in [0.2, 0.25) is 0 Å². The summed E-state index contributed by atoms with van der Waals surface area (Å²) in [6.07, 6.45) is -1.84. The SMILES string of the molecule is C[C@@H]1OC(=O)[C@@H]2[C@@H]3OC(C)(C)O[C@H]3[C@H](C=O)O[C@@H]21. The van der Waals surface area contributed by atoms with Crippen molar-refractivity contribution in [3.8, 4) is 0 Å². The van der Waals surface area contributed by atoms with E-state index in [0.717, 1.165) is 0 Å². The van der Waals surface area contributed by atoms with Crippen LogP contribution in [0.5, 0.6) is 0 Å². The lowest BCUT2D eigenvalue weighted by Gasteiger charge is -2.35. The first kappa shape index (κ1) is 12.1. The Labute approximate surface area is 105 Å². The molecule has 0 N–H and O–H groups in total. The van der Waals surface area contributed by atoms with Gasteiger partial charge in [-0.1, -0.05) is 0 Å². The number of carbonyl (C=O) groups is 2. The van der Waals surface area contributed by atoms with Crippen molar-refractivity contribution in [2.45, 2.75) is 57.1 Å². The Morgan fingerprint density at radius 3 is 2.50 bits per heavy atom. The molecule has 6 atom stereocenters. The zero-order chi connectivity index (χ0) is 13.1. The lowest BCUT2D eigenvalue weighted by Crippen LogP contribution is -2.54. The van der Waals surface area contributed by atoms with E-state index >= 15 is 0 Å². The Morgan fingerprint density at radius 1 is 1.17 bits per heavy atom. The molecule has 0 bridgehead atoms. The van der Waals surface area contributed by atoms with E-state index in [-0.39, 0.29) is 12.1 Å². The van der Waals surface area contributed by atoms with E-state index in [9.17, 15) is 9.59 Å². The molecule has 3 rings (SSSR count). The molecule has 0 aliphatic carbocycles. The third-order valence-corrected chi connectivity index (χ3v) is 3.68. The van der Waals surface area contributed by atoms with Crippen molar-refractivity contribution in [2.75, 3.05) is 0 Å². The summed E-state index contributed by atoms with van der Waals surface area (Å²) < 4.78 is 22.2. The van der Waals surface area contributed by atoms with Gasteiger partial charge < -0.3 is 23.7 Å². The normalized spacial score (nSPS) is 49.4. The largest absolute Gasteiger partial charge is 0.460 e. The topological polar surface area (TPSA) is 71.1 Å². The van der Waals surface area contributed by atoms with Gasteiger partial charge >= 0.3 is 5.97 Å². The molecule has 3 aliphatic rings. The fourth-order valence-electron chi connectivity index (χ4n) is 2.99. The van der Waals surface area contributed by atoms with Crippen molar-refractivity contribution in [1.82, 2.24) is 0 Å². The summed E-state index contributed by atoms with van der Waals surface area (Å²) in [5.74, 6) is -1.67. The summed E-state index contributed by atoms with van der Waals surface area (Å²) in [7, 11) is 0. The molecule has 6 heteroatoms. The maximum Gasteiger partial charge on any atom is 0.314 e. The van der Waals surface area contributed by atoms with Crippen LogP contribution in [0.15, 0.2) is 0 Å². The number of carbonyl (C=O) groups excluding carboxylic acids is 2. The smallest absolute Gasteiger partial charge is 0.314 e. The van der Waals surface area contributed by atoms with Crippen molar-refractivity contribution < 1.29 is 28.5 Å². The summed E-state index contributed by atoms with van der Waals surface area (Å²) in [4.78, 5) is 22.9. The molecule has 0 amide bonds. The van der Waals surface area contributed by atoms with Crippen LogP contribution in [0, 0.1) is 5.92 Å². The molecule has 18 heavy (non-hydrogen) atoms. The minimum atomic E-state index is -0.819. The molecule has 3 fully saturated rings. The number of cyclic esters (lactones) is 1. The lowest BCUT2D eigenvalue weighted by atomic mass is 9.87. The minimum Gasteiger partial charge on any atom is -0.460 e. The van der Waals surface area contributed by atoms with Gasteiger partial charge in [0.25, 0.3) is 0 Å². The predicted molar refractivity (Wildman–Crippen MR) is 57.6 cm³/mol. The fraction of sp³-hybridized carbons (Fsp3) is 0.833. The van der Waals surface area contributed by atoms with E-state index in [1.54, 1.807) is 20.8 Å². The number of ether oxygens (including phenoxy) is 4. The maximum absolute atomic E-state index is 11.8. The van der Waals surface area contributed by atoms with Crippen LogP contribution in [0.1, 0.15) is 20.8 Å². The van der Waals surface area contributed by atoms with Crippen LogP contribution in [0.25, 0.3) is 0 Å². The van der Waals surface area contributed by atoms with Crippen LogP contribution in [0.4, 0.5) is 0 Å². The number of rotatable bonds is 1.